The standard InChI is InChI=1S/C8H11N3O3/c1-3-13-5-10-11-8(12)7-6(2)14-4-9-7/h4-5H,3H2,1-2H3,(H,11,12)/b10-5+. The van der Waals surface area contributed by atoms with Crippen LogP contribution in [0.3, 0.4) is 0 Å². The summed E-state index contributed by atoms with van der Waals surface area (Å²) in [5.41, 5.74) is 2.46. The van der Waals surface area contributed by atoms with Gasteiger partial charge < -0.3 is 9.15 Å². The Labute approximate surface area is 81.0 Å². The molecule has 0 atom stereocenters. The SMILES string of the molecule is CCO/C=N/NC(=O)c1ncoc1C. The highest BCUT2D eigenvalue weighted by Crippen LogP contribution is 2.03. The van der Waals surface area contributed by atoms with Gasteiger partial charge in [0.05, 0.1) is 6.61 Å². The first-order valence-corrected chi connectivity index (χ1v) is 4.09. The highest BCUT2D eigenvalue weighted by atomic mass is 16.5. The van der Waals surface area contributed by atoms with Crippen molar-refractivity contribution in [2.45, 2.75) is 13.8 Å². The Morgan fingerprint density at radius 2 is 2.64 bits per heavy atom. The summed E-state index contributed by atoms with van der Waals surface area (Å²) in [6, 6.07) is 0. The van der Waals surface area contributed by atoms with Crippen molar-refractivity contribution < 1.29 is 13.9 Å². The summed E-state index contributed by atoms with van der Waals surface area (Å²) in [6.07, 6.45) is 2.36. The highest BCUT2D eigenvalue weighted by molar-refractivity contribution is 5.93. The number of amides is 1. The predicted molar refractivity (Wildman–Crippen MR) is 48.8 cm³/mol. The van der Waals surface area contributed by atoms with Gasteiger partial charge in [-0.15, -0.1) is 5.10 Å². The number of hydrogen-bond donors (Lipinski definition) is 1. The van der Waals surface area contributed by atoms with E-state index < -0.39 is 5.91 Å². The number of rotatable bonds is 4. The van der Waals surface area contributed by atoms with Crippen molar-refractivity contribution in [3.05, 3.63) is 17.8 Å². The Bertz CT molecular complexity index is 332. The van der Waals surface area contributed by atoms with Crippen molar-refractivity contribution in [2.24, 2.45) is 5.10 Å². The zero-order valence-corrected chi connectivity index (χ0v) is 7.98. The molecule has 1 rings (SSSR count). The van der Waals surface area contributed by atoms with Gasteiger partial charge in [0, 0.05) is 0 Å². The van der Waals surface area contributed by atoms with Gasteiger partial charge in [-0.2, -0.15) is 0 Å². The van der Waals surface area contributed by atoms with Crippen LogP contribution in [0.5, 0.6) is 0 Å². The summed E-state index contributed by atoms with van der Waals surface area (Å²) in [5, 5.41) is 3.53. The number of hydrogen-bond acceptors (Lipinski definition) is 5. The normalized spacial score (nSPS) is 10.4. The number of ether oxygens (including phenoxy) is 1. The van der Waals surface area contributed by atoms with Crippen LogP contribution in [0, 0.1) is 6.92 Å². The van der Waals surface area contributed by atoms with Gasteiger partial charge in [0.15, 0.2) is 18.5 Å². The third kappa shape index (κ3) is 2.58. The lowest BCUT2D eigenvalue weighted by atomic mass is 10.3. The van der Waals surface area contributed by atoms with Gasteiger partial charge in [0.1, 0.15) is 5.76 Å². The van der Waals surface area contributed by atoms with Gasteiger partial charge in [-0.1, -0.05) is 0 Å². The van der Waals surface area contributed by atoms with Crippen molar-refractivity contribution in [1.29, 1.82) is 0 Å². The fourth-order valence-electron chi connectivity index (χ4n) is 0.773. The summed E-state index contributed by atoms with van der Waals surface area (Å²) >= 11 is 0. The molecule has 0 aliphatic heterocycles. The van der Waals surface area contributed by atoms with Crippen LogP contribution in [0.2, 0.25) is 0 Å². The Morgan fingerprint density at radius 3 is 3.21 bits per heavy atom. The quantitative estimate of drug-likeness (QED) is 0.437. The van der Waals surface area contributed by atoms with E-state index in [9.17, 15) is 4.79 Å². The minimum absolute atomic E-state index is 0.221. The summed E-state index contributed by atoms with van der Waals surface area (Å²) in [5.74, 6) is 0.0290. The van der Waals surface area contributed by atoms with Crippen LogP contribution in [0.1, 0.15) is 23.2 Å². The van der Waals surface area contributed by atoms with Gasteiger partial charge >= 0.3 is 0 Å². The third-order valence-electron chi connectivity index (χ3n) is 1.42. The van der Waals surface area contributed by atoms with E-state index in [1.807, 2.05) is 6.92 Å². The van der Waals surface area contributed by atoms with E-state index in [1.54, 1.807) is 6.92 Å². The van der Waals surface area contributed by atoms with Crippen LogP contribution in [-0.2, 0) is 4.74 Å². The van der Waals surface area contributed by atoms with E-state index >= 15 is 0 Å². The number of aromatic nitrogens is 1. The van der Waals surface area contributed by atoms with Crippen LogP contribution in [-0.4, -0.2) is 23.9 Å². The number of aryl methyl sites for hydroxylation is 1. The summed E-state index contributed by atoms with van der Waals surface area (Å²) in [6.45, 7) is 3.96. The lowest BCUT2D eigenvalue weighted by Crippen LogP contribution is -2.19. The molecule has 0 radical (unpaired) electrons. The molecule has 0 spiro atoms. The van der Waals surface area contributed by atoms with Crippen LogP contribution >= 0.6 is 0 Å². The second-order valence-corrected chi connectivity index (χ2v) is 2.39. The van der Waals surface area contributed by atoms with Gasteiger partial charge in [0.25, 0.3) is 5.91 Å². The lowest BCUT2D eigenvalue weighted by Gasteiger charge is -1.95. The van der Waals surface area contributed by atoms with E-state index in [2.05, 4.69) is 15.5 Å². The minimum Gasteiger partial charge on any atom is -0.482 e. The van der Waals surface area contributed by atoms with E-state index in [0.29, 0.717) is 12.4 Å². The van der Waals surface area contributed by atoms with E-state index in [0.717, 1.165) is 6.40 Å². The largest absolute Gasteiger partial charge is 0.482 e. The monoisotopic (exact) mass is 197 g/mol. The third-order valence-corrected chi connectivity index (χ3v) is 1.42. The fraction of sp³-hybridized carbons (Fsp3) is 0.375. The predicted octanol–water partition coefficient (Wildman–Crippen LogP) is 0.693. The molecular formula is C8H11N3O3. The first kappa shape index (κ1) is 10.2. The molecule has 0 aromatic carbocycles. The summed E-state index contributed by atoms with van der Waals surface area (Å²) in [4.78, 5) is 15.0. The van der Waals surface area contributed by atoms with Crippen LogP contribution in [0.25, 0.3) is 0 Å². The second-order valence-electron chi connectivity index (χ2n) is 2.39. The van der Waals surface area contributed by atoms with Crippen molar-refractivity contribution in [3.63, 3.8) is 0 Å². The molecular weight excluding hydrogens is 186 g/mol. The van der Waals surface area contributed by atoms with Gasteiger partial charge in [-0.25, -0.2) is 10.4 Å². The van der Waals surface area contributed by atoms with Crippen molar-refractivity contribution in [1.82, 2.24) is 10.4 Å². The van der Waals surface area contributed by atoms with Crippen molar-refractivity contribution in [2.75, 3.05) is 6.61 Å². The number of nitrogens with one attached hydrogen (secondary N) is 1. The van der Waals surface area contributed by atoms with Crippen LogP contribution < -0.4 is 5.43 Å². The molecule has 1 aromatic heterocycles. The number of oxazole rings is 1. The molecule has 0 fully saturated rings. The van der Waals surface area contributed by atoms with Crippen molar-refractivity contribution in [3.8, 4) is 0 Å². The molecule has 1 N–H and O–H groups in total. The molecule has 1 aromatic rings. The number of carbonyl (C=O) groups is 1. The maximum atomic E-state index is 11.3. The molecule has 0 bridgehead atoms. The Hall–Kier alpha value is -1.85. The number of carbonyl (C=O) groups excluding carboxylic acids is 1. The zero-order valence-electron chi connectivity index (χ0n) is 7.98. The molecule has 6 heteroatoms. The van der Waals surface area contributed by atoms with E-state index in [-0.39, 0.29) is 5.69 Å². The Kier molecular flexibility index (Phi) is 3.66. The summed E-state index contributed by atoms with van der Waals surface area (Å²) < 4.78 is 9.64. The van der Waals surface area contributed by atoms with E-state index in [4.69, 9.17) is 9.15 Å². The maximum absolute atomic E-state index is 11.3. The zero-order chi connectivity index (χ0) is 10.4. The fourth-order valence-corrected chi connectivity index (χ4v) is 0.773. The minimum atomic E-state index is -0.424. The van der Waals surface area contributed by atoms with Crippen LogP contribution in [0.15, 0.2) is 15.9 Å². The molecule has 6 nitrogen and oxygen atoms in total. The average Bonchev–Trinajstić information content (AvgIpc) is 2.59. The van der Waals surface area contributed by atoms with Gasteiger partial charge in [-0.05, 0) is 13.8 Å². The molecule has 14 heavy (non-hydrogen) atoms. The molecule has 0 saturated heterocycles. The van der Waals surface area contributed by atoms with Gasteiger partial charge in [0.2, 0.25) is 0 Å². The topological polar surface area (TPSA) is 76.7 Å². The Morgan fingerprint density at radius 1 is 1.86 bits per heavy atom. The molecule has 0 unspecified atom stereocenters. The van der Waals surface area contributed by atoms with Crippen LogP contribution in [0.4, 0.5) is 0 Å². The number of nitrogens with zero attached hydrogens (tertiary/aromatic N) is 2. The molecule has 1 heterocycles. The summed E-state index contributed by atoms with van der Waals surface area (Å²) in [7, 11) is 0. The molecule has 0 saturated carbocycles. The first-order valence-electron chi connectivity index (χ1n) is 4.09. The maximum Gasteiger partial charge on any atom is 0.293 e. The molecule has 1 amide bonds. The second kappa shape index (κ2) is 5.00. The Balaban J connectivity index is 2.47. The molecule has 0 aliphatic carbocycles. The average molecular weight is 197 g/mol. The first-order chi connectivity index (χ1) is 6.75. The highest BCUT2D eigenvalue weighted by Gasteiger charge is 2.11. The molecule has 76 valence electrons. The molecule has 0 aliphatic rings. The van der Waals surface area contributed by atoms with Gasteiger partial charge in [-0.3, -0.25) is 4.79 Å². The van der Waals surface area contributed by atoms with Crippen molar-refractivity contribution >= 4 is 12.3 Å². The lowest BCUT2D eigenvalue weighted by molar-refractivity contribution is 0.0948. The number of hydrazone groups is 1. The smallest absolute Gasteiger partial charge is 0.293 e. The van der Waals surface area contributed by atoms with E-state index in [1.165, 1.54) is 6.39 Å².